The molecule has 1 aromatic rings. The topological polar surface area (TPSA) is 55.7 Å². The van der Waals surface area contributed by atoms with Crippen LogP contribution in [0.5, 0.6) is 0 Å². The minimum atomic E-state index is -3.89. The molecule has 0 radical (unpaired) electrons. The molecular weight excluding hydrogens is 410 g/mol. The summed E-state index contributed by atoms with van der Waals surface area (Å²) in [6, 6.07) is 6.76. The van der Waals surface area contributed by atoms with Crippen molar-refractivity contribution in [2.45, 2.75) is 81.9 Å². The Hall–Kier alpha value is -1.66. The first kappa shape index (κ1) is 26.4. The maximum atomic E-state index is 13.2. The van der Waals surface area contributed by atoms with E-state index in [9.17, 15) is 8.42 Å². The number of allylic oxidation sites excluding steroid dienone is 1. The predicted octanol–water partition coefficient (Wildman–Crippen LogP) is 6.91. The lowest BCUT2D eigenvalue weighted by Gasteiger charge is -2.48. The molecule has 0 heterocycles. The Morgan fingerprint density at radius 2 is 1.50 bits per heavy atom. The first-order chi connectivity index (χ1) is 13.9. The van der Waals surface area contributed by atoms with Crippen molar-refractivity contribution in [3.05, 3.63) is 55.1 Å². The minimum absolute atomic E-state index is 0.0878. The smallest absolute Gasteiger partial charge is 0.285 e. The van der Waals surface area contributed by atoms with Gasteiger partial charge in [-0.05, 0) is 42.1 Å². The van der Waals surface area contributed by atoms with Gasteiger partial charge in [0.15, 0.2) is 0 Å². The van der Waals surface area contributed by atoms with Crippen LogP contribution in [0.2, 0.25) is 22.2 Å². The average molecular weight is 450 g/mol. The van der Waals surface area contributed by atoms with Crippen LogP contribution in [-0.2, 0) is 14.8 Å². The maximum absolute atomic E-state index is 13.2. The van der Waals surface area contributed by atoms with Gasteiger partial charge in [0.2, 0.25) is 5.90 Å². The van der Waals surface area contributed by atoms with Gasteiger partial charge >= 0.3 is 0 Å². The molecule has 168 valence electrons. The molecule has 1 unspecified atom stereocenters. The summed E-state index contributed by atoms with van der Waals surface area (Å²) < 4.78 is 36.6. The molecule has 0 saturated heterocycles. The first-order valence-corrected chi connectivity index (χ1v) is 14.5. The van der Waals surface area contributed by atoms with E-state index in [2.05, 4.69) is 59.1 Å². The second kappa shape index (κ2) is 11.1. The van der Waals surface area contributed by atoms with E-state index in [4.69, 9.17) is 4.74 Å². The second-order valence-electron chi connectivity index (χ2n) is 8.86. The summed E-state index contributed by atoms with van der Waals surface area (Å²) in [7, 11) is -6.02. The summed E-state index contributed by atoms with van der Waals surface area (Å²) >= 11 is 0. The molecule has 0 saturated carbocycles. The molecule has 0 spiro atoms. The molecular formula is C24H39NO3SSi. The molecule has 0 aliphatic rings. The molecule has 0 amide bonds. The zero-order valence-electron chi connectivity index (χ0n) is 19.7. The second-order valence-corrected chi connectivity index (χ2v) is 16.6. The van der Waals surface area contributed by atoms with E-state index in [-0.39, 0.29) is 17.0 Å². The van der Waals surface area contributed by atoms with Gasteiger partial charge in [0.1, 0.15) is 6.61 Å². The van der Waals surface area contributed by atoms with E-state index in [1.165, 1.54) is 0 Å². The molecule has 1 aromatic carbocycles. The van der Waals surface area contributed by atoms with E-state index >= 15 is 0 Å². The molecule has 0 aromatic heterocycles. The van der Waals surface area contributed by atoms with E-state index in [1.54, 1.807) is 30.3 Å². The first-order valence-electron chi connectivity index (χ1n) is 10.7. The molecule has 0 aliphatic heterocycles. The number of hydrogen-bond donors (Lipinski definition) is 0. The van der Waals surface area contributed by atoms with Crippen LogP contribution >= 0.6 is 0 Å². The Labute approximate surface area is 185 Å². The zero-order chi connectivity index (χ0) is 23.1. The van der Waals surface area contributed by atoms with Crippen molar-refractivity contribution in [3.63, 3.8) is 0 Å². The average Bonchev–Trinajstić information content (AvgIpc) is 2.64. The predicted molar refractivity (Wildman–Crippen MR) is 132 cm³/mol. The molecule has 1 rings (SSSR count). The summed E-state index contributed by atoms with van der Waals surface area (Å²) in [5.41, 5.74) is 2.16. The van der Waals surface area contributed by atoms with Crippen molar-refractivity contribution in [2.24, 2.45) is 4.40 Å². The van der Waals surface area contributed by atoms with Gasteiger partial charge in [-0.15, -0.1) is 11.0 Å². The number of sulfonamides is 1. The summed E-state index contributed by atoms with van der Waals surface area (Å²) in [6.07, 6.45) is 4.13. The van der Waals surface area contributed by atoms with Gasteiger partial charge in [-0.25, -0.2) is 0 Å². The lowest BCUT2D eigenvalue weighted by atomic mass is 10.2. The number of aryl methyl sites for hydroxylation is 1. The van der Waals surface area contributed by atoms with Gasteiger partial charge in [-0.1, -0.05) is 78.0 Å². The Kier molecular flexibility index (Phi) is 9.75. The molecule has 0 N–H and O–H groups in total. The van der Waals surface area contributed by atoms with Crippen LogP contribution in [0.1, 0.15) is 53.5 Å². The van der Waals surface area contributed by atoms with Crippen molar-refractivity contribution in [2.75, 3.05) is 6.61 Å². The lowest BCUT2D eigenvalue weighted by molar-refractivity contribution is 0.338. The number of hydrogen-bond acceptors (Lipinski definition) is 3. The Bertz CT molecular complexity index is 818. The number of benzene rings is 1. The molecule has 0 fully saturated rings. The maximum Gasteiger partial charge on any atom is 0.285 e. The lowest BCUT2D eigenvalue weighted by Crippen LogP contribution is -2.52. The van der Waals surface area contributed by atoms with Gasteiger partial charge < -0.3 is 4.74 Å². The molecule has 0 bridgehead atoms. The fraction of sp³-hybridized carbons (Fsp3) is 0.542. The quantitative estimate of drug-likeness (QED) is 0.160. The molecule has 1 atom stereocenters. The van der Waals surface area contributed by atoms with Gasteiger partial charge in [-0.3, -0.25) is 0 Å². The highest BCUT2D eigenvalue weighted by molar-refractivity contribution is 7.90. The number of ether oxygens (including phenoxy) is 1. The highest BCUT2D eigenvalue weighted by Crippen LogP contribution is 2.51. The molecule has 30 heavy (non-hydrogen) atoms. The van der Waals surface area contributed by atoms with Crippen LogP contribution in [0.15, 0.2) is 58.9 Å². The van der Waals surface area contributed by atoms with Crippen LogP contribution in [0.3, 0.4) is 0 Å². The third kappa shape index (κ3) is 5.73. The normalized spacial score (nSPS) is 14.3. The SMILES string of the molecule is C=CCO/C(=N/S(=O)(=O)c1ccc(C)cc1)C(CC=C)[Si](C(C)C)(C(C)C)C(C)C. The minimum Gasteiger partial charge on any atom is -0.476 e. The van der Waals surface area contributed by atoms with Gasteiger partial charge in [0.25, 0.3) is 10.0 Å². The van der Waals surface area contributed by atoms with Gasteiger partial charge in [0.05, 0.1) is 13.0 Å². The molecule has 0 aliphatic carbocycles. The highest BCUT2D eigenvalue weighted by Gasteiger charge is 2.51. The number of rotatable bonds is 11. The fourth-order valence-electron chi connectivity index (χ4n) is 5.11. The zero-order valence-corrected chi connectivity index (χ0v) is 21.5. The Morgan fingerprint density at radius 3 is 1.90 bits per heavy atom. The summed E-state index contributed by atoms with van der Waals surface area (Å²) in [6.45, 7) is 23.3. The van der Waals surface area contributed by atoms with E-state index < -0.39 is 18.1 Å². The highest BCUT2D eigenvalue weighted by atomic mass is 32.2. The standard InChI is InChI=1S/C24H39NO3SSi/c1-10-12-23(30(18(3)4,19(5)6)20(7)8)24(28-17-11-2)25-29(26,27)22-15-13-21(9)14-16-22/h10-11,13-16,18-20,23H,1-2,12,17H2,3-9H3/b25-24+. The van der Waals surface area contributed by atoms with Crippen molar-refractivity contribution in [1.29, 1.82) is 0 Å². The van der Waals surface area contributed by atoms with Gasteiger partial charge in [0, 0.05) is 5.54 Å². The van der Waals surface area contributed by atoms with Crippen LogP contribution in [0.25, 0.3) is 0 Å². The largest absolute Gasteiger partial charge is 0.476 e. The number of nitrogens with zero attached hydrogens (tertiary/aromatic N) is 1. The van der Waals surface area contributed by atoms with Crippen molar-refractivity contribution in [1.82, 2.24) is 0 Å². The van der Waals surface area contributed by atoms with Crippen LogP contribution in [-0.4, -0.2) is 29.0 Å². The van der Waals surface area contributed by atoms with Crippen LogP contribution in [0, 0.1) is 6.92 Å². The van der Waals surface area contributed by atoms with Crippen LogP contribution in [0.4, 0.5) is 0 Å². The molecule has 4 nitrogen and oxygen atoms in total. The van der Waals surface area contributed by atoms with Crippen molar-refractivity contribution < 1.29 is 13.2 Å². The Balaban J connectivity index is 3.74. The third-order valence-corrected chi connectivity index (χ3v) is 15.2. The van der Waals surface area contributed by atoms with Crippen molar-refractivity contribution in [3.8, 4) is 0 Å². The summed E-state index contributed by atoms with van der Waals surface area (Å²) in [4.78, 5) is 0.177. The fourth-order valence-corrected chi connectivity index (χ4v) is 13.8. The monoisotopic (exact) mass is 449 g/mol. The Morgan fingerprint density at radius 1 is 1.00 bits per heavy atom. The summed E-state index contributed by atoms with van der Waals surface area (Å²) in [5.74, 6) is 0.304. The van der Waals surface area contributed by atoms with Gasteiger partial charge in [-0.2, -0.15) is 8.42 Å². The van der Waals surface area contributed by atoms with E-state index in [0.717, 1.165) is 5.56 Å². The van der Waals surface area contributed by atoms with Crippen molar-refractivity contribution >= 4 is 24.0 Å². The third-order valence-electron chi connectivity index (χ3n) is 6.18. The van der Waals surface area contributed by atoms with E-state index in [1.807, 2.05) is 13.0 Å². The summed E-state index contributed by atoms with van der Waals surface area (Å²) in [5, 5.41) is 0. The van der Waals surface area contributed by atoms with E-state index in [0.29, 0.717) is 28.9 Å². The van der Waals surface area contributed by atoms with Crippen LogP contribution < -0.4 is 0 Å². The molecule has 6 heteroatoms.